The average molecular weight is 242 g/mol. The van der Waals surface area contributed by atoms with Gasteiger partial charge in [0.05, 0.1) is 12.7 Å². The molecule has 2 aromatic carbocycles. The Morgan fingerprint density at radius 1 is 0.833 bits per heavy atom. The maximum atomic E-state index is 10.3. The van der Waals surface area contributed by atoms with Crippen molar-refractivity contribution < 1.29 is 10.2 Å². The van der Waals surface area contributed by atoms with Crippen LogP contribution in [0.1, 0.15) is 17.0 Å². The van der Waals surface area contributed by atoms with Crippen molar-refractivity contribution >= 4 is 0 Å². The molecular formula is C16H18O2. The van der Waals surface area contributed by atoms with Crippen molar-refractivity contribution in [1.82, 2.24) is 0 Å². The topological polar surface area (TPSA) is 40.5 Å². The van der Waals surface area contributed by atoms with Gasteiger partial charge in [-0.05, 0) is 17.5 Å². The predicted octanol–water partition coefficient (Wildman–Crippen LogP) is 2.37. The van der Waals surface area contributed by atoms with E-state index in [4.69, 9.17) is 0 Å². The van der Waals surface area contributed by atoms with Crippen molar-refractivity contribution in [3.8, 4) is 0 Å². The lowest BCUT2D eigenvalue weighted by Crippen LogP contribution is -2.24. The lowest BCUT2D eigenvalue weighted by Gasteiger charge is -2.21. The molecule has 2 heteroatoms. The quantitative estimate of drug-likeness (QED) is 0.845. The van der Waals surface area contributed by atoms with Crippen molar-refractivity contribution in [3.63, 3.8) is 0 Å². The Balaban J connectivity index is 2.09. The van der Waals surface area contributed by atoms with Crippen LogP contribution in [0.25, 0.3) is 0 Å². The van der Waals surface area contributed by atoms with Crippen LogP contribution in [0.5, 0.6) is 0 Å². The van der Waals surface area contributed by atoms with Crippen LogP contribution in [-0.4, -0.2) is 22.9 Å². The molecule has 0 aliphatic carbocycles. The molecule has 0 saturated carbocycles. The van der Waals surface area contributed by atoms with Gasteiger partial charge in [-0.2, -0.15) is 0 Å². The Labute approximate surface area is 108 Å². The van der Waals surface area contributed by atoms with Gasteiger partial charge in [0.25, 0.3) is 0 Å². The van der Waals surface area contributed by atoms with E-state index >= 15 is 0 Å². The average Bonchev–Trinajstić information content (AvgIpc) is 2.42. The van der Waals surface area contributed by atoms with Crippen molar-refractivity contribution in [3.05, 3.63) is 71.8 Å². The standard InChI is InChI=1S/C16H18O2/c17-12-15(14-9-5-2-6-10-14)16(18)11-13-7-3-1-4-8-13/h1-10,15-18H,11-12H2/t15-,16-/m0/s1. The third kappa shape index (κ3) is 3.19. The minimum atomic E-state index is -0.570. The molecule has 0 aliphatic rings. The number of aliphatic hydroxyl groups excluding tert-OH is 2. The van der Waals surface area contributed by atoms with Gasteiger partial charge in [-0.1, -0.05) is 60.7 Å². The molecule has 2 N–H and O–H groups in total. The van der Waals surface area contributed by atoms with Crippen LogP contribution in [0, 0.1) is 0 Å². The molecule has 0 saturated heterocycles. The zero-order valence-corrected chi connectivity index (χ0v) is 10.2. The molecule has 94 valence electrons. The molecule has 0 spiro atoms. The van der Waals surface area contributed by atoms with Gasteiger partial charge in [0.2, 0.25) is 0 Å². The van der Waals surface area contributed by atoms with E-state index in [1.54, 1.807) is 0 Å². The first-order valence-corrected chi connectivity index (χ1v) is 6.19. The fourth-order valence-electron chi connectivity index (χ4n) is 2.15. The fraction of sp³-hybridized carbons (Fsp3) is 0.250. The Hall–Kier alpha value is -1.64. The summed E-state index contributed by atoms with van der Waals surface area (Å²) in [4.78, 5) is 0. The molecule has 18 heavy (non-hydrogen) atoms. The molecule has 0 heterocycles. The van der Waals surface area contributed by atoms with Gasteiger partial charge in [-0.25, -0.2) is 0 Å². The number of aliphatic hydroxyl groups is 2. The predicted molar refractivity (Wildman–Crippen MR) is 72.4 cm³/mol. The summed E-state index contributed by atoms with van der Waals surface area (Å²) in [6.07, 6.45) is -0.0131. The maximum Gasteiger partial charge on any atom is 0.0671 e. The first-order valence-electron chi connectivity index (χ1n) is 6.19. The van der Waals surface area contributed by atoms with Crippen LogP contribution < -0.4 is 0 Å². The van der Waals surface area contributed by atoms with Crippen LogP contribution >= 0.6 is 0 Å². The summed E-state index contributed by atoms with van der Waals surface area (Å²) in [5, 5.41) is 19.7. The molecule has 0 unspecified atom stereocenters. The maximum absolute atomic E-state index is 10.3. The first-order chi connectivity index (χ1) is 8.81. The Morgan fingerprint density at radius 3 is 1.94 bits per heavy atom. The normalized spacial score (nSPS) is 14.1. The molecule has 2 aromatic rings. The van der Waals surface area contributed by atoms with Gasteiger partial charge >= 0.3 is 0 Å². The van der Waals surface area contributed by atoms with Crippen LogP contribution in [0.2, 0.25) is 0 Å². The van der Waals surface area contributed by atoms with E-state index in [0.717, 1.165) is 11.1 Å². The van der Waals surface area contributed by atoms with E-state index in [-0.39, 0.29) is 12.5 Å². The summed E-state index contributed by atoms with van der Waals surface area (Å²) in [7, 11) is 0. The fourth-order valence-corrected chi connectivity index (χ4v) is 2.15. The zero-order chi connectivity index (χ0) is 12.8. The van der Waals surface area contributed by atoms with E-state index < -0.39 is 6.10 Å². The number of hydrogen-bond acceptors (Lipinski definition) is 2. The molecule has 0 radical (unpaired) electrons. The van der Waals surface area contributed by atoms with Gasteiger partial charge in [-0.15, -0.1) is 0 Å². The third-order valence-corrected chi connectivity index (χ3v) is 3.18. The highest BCUT2D eigenvalue weighted by Crippen LogP contribution is 2.21. The lowest BCUT2D eigenvalue weighted by atomic mass is 9.90. The molecule has 2 nitrogen and oxygen atoms in total. The highest BCUT2D eigenvalue weighted by atomic mass is 16.3. The summed E-state index contributed by atoms with van der Waals surface area (Å²) < 4.78 is 0. The molecule has 0 aromatic heterocycles. The number of hydrogen-bond donors (Lipinski definition) is 2. The Morgan fingerprint density at radius 2 is 1.39 bits per heavy atom. The highest BCUT2D eigenvalue weighted by molar-refractivity contribution is 5.23. The molecule has 2 rings (SSSR count). The zero-order valence-electron chi connectivity index (χ0n) is 10.2. The molecule has 0 fully saturated rings. The largest absolute Gasteiger partial charge is 0.396 e. The monoisotopic (exact) mass is 242 g/mol. The third-order valence-electron chi connectivity index (χ3n) is 3.18. The van der Waals surface area contributed by atoms with Crippen molar-refractivity contribution in [1.29, 1.82) is 0 Å². The van der Waals surface area contributed by atoms with Crippen LogP contribution in [0.3, 0.4) is 0 Å². The summed E-state index contributed by atoms with van der Waals surface area (Å²) >= 11 is 0. The molecule has 0 bridgehead atoms. The smallest absolute Gasteiger partial charge is 0.0671 e. The second-order valence-electron chi connectivity index (χ2n) is 4.46. The second kappa shape index (κ2) is 6.34. The first kappa shape index (κ1) is 12.8. The number of rotatable bonds is 5. The van der Waals surface area contributed by atoms with Crippen LogP contribution in [0.15, 0.2) is 60.7 Å². The van der Waals surface area contributed by atoms with E-state index in [2.05, 4.69) is 0 Å². The van der Waals surface area contributed by atoms with Crippen molar-refractivity contribution in [2.45, 2.75) is 18.4 Å². The lowest BCUT2D eigenvalue weighted by molar-refractivity contribution is 0.106. The molecular weight excluding hydrogens is 224 g/mol. The molecule has 0 amide bonds. The SMILES string of the molecule is OC[C@@H](c1ccccc1)[C@@H](O)Cc1ccccc1. The van der Waals surface area contributed by atoms with Crippen LogP contribution in [-0.2, 0) is 6.42 Å². The highest BCUT2D eigenvalue weighted by Gasteiger charge is 2.20. The second-order valence-corrected chi connectivity index (χ2v) is 4.46. The Bertz CT molecular complexity index is 453. The van der Waals surface area contributed by atoms with Gasteiger partial charge in [0.1, 0.15) is 0 Å². The van der Waals surface area contributed by atoms with E-state index in [9.17, 15) is 10.2 Å². The molecule has 0 aliphatic heterocycles. The molecule has 2 atom stereocenters. The Kier molecular flexibility index (Phi) is 4.51. The van der Waals surface area contributed by atoms with E-state index in [1.807, 2.05) is 60.7 Å². The van der Waals surface area contributed by atoms with E-state index in [0.29, 0.717) is 6.42 Å². The van der Waals surface area contributed by atoms with Gasteiger partial charge in [-0.3, -0.25) is 0 Å². The van der Waals surface area contributed by atoms with Crippen molar-refractivity contribution in [2.24, 2.45) is 0 Å². The van der Waals surface area contributed by atoms with Gasteiger partial charge in [0, 0.05) is 5.92 Å². The minimum Gasteiger partial charge on any atom is -0.396 e. The summed E-state index contributed by atoms with van der Waals surface area (Å²) in [5.41, 5.74) is 2.06. The summed E-state index contributed by atoms with van der Waals surface area (Å²) in [6.45, 7) is -0.0436. The summed E-state index contributed by atoms with van der Waals surface area (Å²) in [6, 6.07) is 19.5. The van der Waals surface area contributed by atoms with Crippen LogP contribution in [0.4, 0.5) is 0 Å². The van der Waals surface area contributed by atoms with Crippen molar-refractivity contribution in [2.75, 3.05) is 6.61 Å². The minimum absolute atomic E-state index is 0.0436. The summed E-state index contributed by atoms with van der Waals surface area (Å²) in [5.74, 6) is -0.230. The number of benzene rings is 2. The van der Waals surface area contributed by atoms with Gasteiger partial charge < -0.3 is 10.2 Å². The van der Waals surface area contributed by atoms with Gasteiger partial charge in [0.15, 0.2) is 0 Å². The van der Waals surface area contributed by atoms with E-state index in [1.165, 1.54) is 0 Å².